The van der Waals surface area contributed by atoms with Gasteiger partial charge in [-0.2, -0.15) is 0 Å². The molecule has 0 unspecified atom stereocenters. The van der Waals surface area contributed by atoms with Crippen LogP contribution in [0.25, 0.3) is 10.1 Å². The summed E-state index contributed by atoms with van der Waals surface area (Å²) in [6.07, 6.45) is 4.79. The van der Waals surface area contributed by atoms with Gasteiger partial charge in [0, 0.05) is 40.3 Å². The first kappa shape index (κ1) is 25.0. The van der Waals surface area contributed by atoms with Crippen LogP contribution in [-0.2, 0) is 17.8 Å². The first-order valence-electron chi connectivity index (χ1n) is 12.4. The van der Waals surface area contributed by atoms with Crippen molar-refractivity contribution in [2.45, 2.75) is 50.8 Å². The van der Waals surface area contributed by atoms with Gasteiger partial charge in [0.15, 0.2) is 0 Å². The lowest BCUT2D eigenvalue weighted by Crippen LogP contribution is -2.44. The van der Waals surface area contributed by atoms with Crippen LogP contribution in [0.3, 0.4) is 0 Å². The number of fused-ring (bicyclic) bond motifs is 1. The fourth-order valence-electron chi connectivity index (χ4n) is 4.92. The molecule has 1 aromatic heterocycles. The van der Waals surface area contributed by atoms with Gasteiger partial charge in [0.25, 0.3) is 0 Å². The summed E-state index contributed by atoms with van der Waals surface area (Å²) in [5.41, 5.74) is 1.28. The maximum atomic E-state index is 12.6. The summed E-state index contributed by atoms with van der Waals surface area (Å²) in [7, 11) is 0. The molecule has 2 saturated heterocycles. The van der Waals surface area contributed by atoms with Gasteiger partial charge in [0.1, 0.15) is 11.9 Å². The number of piperidine rings is 2. The summed E-state index contributed by atoms with van der Waals surface area (Å²) >= 11 is 11.5. The van der Waals surface area contributed by atoms with Crippen LogP contribution < -0.4 is 15.4 Å². The van der Waals surface area contributed by atoms with Crippen LogP contribution >= 0.6 is 38.9 Å². The summed E-state index contributed by atoms with van der Waals surface area (Å²) in [6.45, 7) is 4.93. The molecule has 0 atom stereocenters. The van der Waals surface area contributed by atoms with Gasteiger partial charge in [-0.1, -0.05) is 17.7 Å². The van der Waals surface area contributed by atoms with E-state index >= 15 is 0 Å². The van der Waals surface area contributed by atoms with Crippen molar-refractivity contribution in [2.75, 3.05) is 26.2 Å². The summed E-state index contributed by atoms with van der Waals surface area (Å²) in [5, 5.41) is 8.46. The number of carbonyl (C=O) groups is 1. The smallest absolute Gasteiger partial charge is 0.225 e. The summed E-state index contributed by atoms with van der Waals surface area (Å²) in [5.74, 6) is 1.04. The molecule has 0 spiro atoms. The monoisotopic (exact) mass is 575 g/mol. The van der Waals surface area contributed by atoms with Gasteiger partial charge in [-0.3, -0.25) is 9.69 Å². The van der Waals surface area contributed by atoms with Crippen molar-refractivity contribution in [1.82, 2.24) is 15.5 Å². The number of rotatable bonds is 7. The molecule has 0 aliphatic carbocycles. The Morgan fingerprint density at radius 2 is 1.91 bits per heavy atom. The highest BCUT2D eigenvalue weighted by molar-refractivity contribution is 9.10. The van der Waals surface area contributed by atoms with Crippen molar-refractivity contribution in [3.8, 4) is 5.75 Å². The van der Waals surface area contributed by atoms with Crippen LogP contribution in [0.2, 0.25) is 5.02 Å². The van der Waals surface area contributed by atoms with Crippen molar-refractivity contribution in [2.24, 2.45) is 0 Å². The number of nitrogens with one attached hydrogen (secondary N) is 2. The average Bonchev–Trinajstić information content (AvgIpc) is 3.24. The van der Waals surface area contributed by atoms with Gasteiger partial charge in [-0.25, -0.2) is 0 Å². The number of benzene rings is 2. The zero-order chi connectivity index (χ0) is 24.2. The Hall–Kier alpha value is -1.64. The van der Waals surface area contributed by atoms with Crippen molar-refractivity contribution in [1.29, 1.82) is 0 Å². The van der Waals surface area contributed by atoms with E-state index in [0.29, 0.717) is 12.5 Å². The highest BCUT2D eigenvalue weighted by atomic mass is 79.9. The van der Waals surface area contributed by atoms with E-state index in [2.05, 4.69) is 55.7 Å². The van der Waals surface area contributed by atoms with Gasteiger partial charge in [-0.15, -0.1) is 11.3 Å². The van der Waals surface area contributed by atoms with Gasteiger partial charge >= 0.3 is 0 Å². The van der Waals surface area contributed by atoms with E-state index in [9.17, 15) is 4.79 Å². The predicted molar refractivity (Wildman–Crippen MR) is 148 cm³/mol. The first-order valence-corrected chi connectivity index (χ1v) is 14.4. The van der Waals surface area contributed by atoms with Crippen LogP contribution in [-0.4, -0.2) is 49.1 Å². The highest BCUT2D eigenvalue weighted by Gasteiger charge is 2.22. The minimum absolute atomic E-state index is 0.106. The molecule has 5 nitrogen and oxygen atoms in total. The van der Waals surface area contributed by atoms with E-state index in [1.165, 1.54) is 10.3 Å². The number of halogens is 2. The molecule has 8 heteroatoms. The van der Waals surface area contributed by atoms with Crippen molar-refractivity contribution in [3.05, 3.63) is 62.4 Å². The van der Waals surface area contributed by atoms with Crippen LogP contribution in [0.15, 0.2) is 46.9 Å². The summed E-state index contributed by atoms with van der Waals surface area (Å²) in [6, 6.07) is 14.6. The lowest BCUT2D eigenvalue weighted by molar-refractivity contribution is -0.121. The molecule has 3 aromatic rings. The van der Waals surface area contributed by atoms with E-state index in [1.54, 1.807) is 11.3 Å². The predicted octanol–water partition coefficient (Wildman–Crippen LogP) is 5.77. The number of carbonyl (C=O) groups excluding carboxylic acids is 1. The van der Waals surface area contributed by atoms with Crippen molar-refractivity contribution in [3.63, 3.8) is 0 Å². The SMILES string of the molecule is O=C(Cc1cc2cc(Cl)ccc2s1)NC1CCN(Cc2ccc(OC3CCNCC3)c(Br)c2)CC1. The number of thiophene rings is 1. The fourth-order valence-corrected chi connectivity index (χ4v) is 6.66. The van der Waals surface area contributed by atoms with Gasteiger partial charge in [-0.05, 0) is 102 Å². The Balaban J connectivity index is 1.07. The standard InChI is InChI=1S/C27H31BrClN3O2S/c28-24-13-18(1-3-25(24)34-22-5-9-30-10-6-22)17-32-11-7-21(8-12-32)31-27(33)16-23-15-19-14-20(29)2-4-26(19)35-23/h1-4,13-15,21-22,30H,5-12,16-17H2,(H,31,33). The van der Waals surface area contributed by atoms with Crippen LogP contribution in [0.4, 0.5) is 0 Å². The largest absolute Gasteiger partial charge is 0.489 e. The summed E-state index contributed by atoms with van der Waals surface area (Å²) < 4.78 is 8.40. The second-order valence-electron chi connectivity index (χ2n) is 9.52. The molecule has 3 heterocycles. The molecule has 5 rings (SSSR count). The van der Waals surface area contributed by atoms with E-state index in [-0.39, 0.29) is 11.9 Å². The Labute approximate surface area is 224 Å². The number of hydrogen-bond donors (Lipinski definition) is 2. The third-order valence-corrected chi connectivity index (χ3v) is 8.77. The average molecular weight is 577 g/mol. The topological polar surface area (TPSA) is 53.6 Å². The maximum Gasteiger partial charge on any atom is 0.225 e. The quantitative estimate of drug-likeness (QED) is 0.375. The van der Waals surface area contributed by atoms with Gasteiger partial charge in [0.05, 0.1) is 10.9 Å². The van der Waals surface area contributed by atoms with Gasteiger partial charge < -0.3 is 15.4 Å². The van der Waals surface area contributed by atoms with Crippen LogP contribution in [0.5, 0.6) is 5.75 Å². The fraction of sp³-hybridized carbons (Fsp3) is 0.444. The van der Waals surface area contributed by atoms with Crippen LogP contribution in [0, 0.1) is 0 Å². The molecule has 0 saturated carbocycles. The second kappa shape index (κ2) is 11.6. The van der Waals surface area contributed by atoms with E-state index < -0.39 is 0 Å². The Morgan fingerprint density at radius 1 is 1.11 bits per heavy atom. The minimum atomic E-state index is 0.106. The molecule has 2 aliphatic heterocycles. The first-order chi connectivity index (χ1) is 17.0. The van der Waals surface area contributed by atoms with Crippen molar-refractivity contribution < 1.29 is 9.53 Å². The molecule has 2 aliphatic rings. The molecule has 1 amide bonds. The zero-order valence-corrected chi connectivity index (χ0v) is 22.9. The maximum absolute atomic E-state index is 12.6. The molecular weight excluding hydrogens is 546 g/mol. The van der Waals surface area contributed by atoms with E-state index in [0.717, 1.165) is 83.9 Å². The summed E-state index contributed by atoms with van der Waals surface area (Å²) in [4.78, 5) is 16.2. The Bertz CT molecular complexity index is 1170. The Morgan fingerprint density at radius 3 is 2.69 bits per heavy atom. The third kappa shape index (κ3) is 6.77. The highest BCUT2D eigenvalue weighted by Crippen LogP contribution is 2.30. The van der Waals surface area contributed by atoms with E-state index in [1.807, 2.05) is 18.2 Å². The number of likely N-dealkylation sites (tertiary alicyclic amines) is 1. The molecule has 2 fully saturated rings. The number of amides is 1. The Kier molecular flexibility index (Phi) is 8.30. The molecule has 2 aromatic carbocycles. The normalized spacial score (nSPS) is 18.1. The molecular formula is C27H31BrClN3O2S. The second-order valence-corrected chi connectivity index (χ2v) is 12.0. The van der Waals surface area contributed by atoms with Crippen LogP contribution in [0.1, 0.15) is 36.1 Å². The molecule has 0 bridgehead atoms. The van der Waals surface area contributed by atoms with Crippen molar-refractivity contribution >= 4 is 54.9 Å². The number of nitrogens with zero attached hydrogens (tertiary/aromatic N) is 1. The molecule has 2 N–H and O–H groups in total. The minimum Gasteiger partial charge on any atom is -0.489 e. The third-order valence-electron chi connectivity index (χ3n) is 6.80. The number of hydrogen-bond acceptors (Lipinski definition) is 5. The molecule has 35 heavy (non-hydrogen) atoms. The lowest BCUT2D eigenvalue weighted by Gasteiger charge is -2.32. The molecule has 186 valence electrons. The molecule has 0 radical (unpaired) electrons. The van der Waals surface area contributed by atoms with Gasteiger partial charge in [0.2, 0.25) is 5.91 Å². The number of ether oxygens (including phenoxy) is 1. The van der Waals surface area contributed by atoms with E-state index in [4.69, 9.17) is 16.3 Å². The lowest BCUT2D eigenvalue weighted by atomic mass is 10.0. The zero-order valence-electron chi connectivity index (χ0n) is 19.7.